The van der Waals surface area contributed by atoms with Gasteiger partial charge < -0.3 is 13.6 Å². The van der Waals surface area contributed by atoms with Crippen molar-refractivity contribution in [3.8, 4) is 44.9 Å². The number of hydrogen-bond donors (Lipinski definition) is 0. The molecule has 13 rings (SSSR count). The SMILES string of the molecule is CC1(C)c2ccccc2-c2ccc(-n3c4ccccc4c4cc(-c5ccc6c(c5)c5ccccc5n6-c5ccc(-c6ncnc7c6oc6ccccc67)cc5)ccc43)cc21. The average Bonchev–Trinajstić information content (AvgIpc) is 4.01. The van der Waals surface area contributed by atoms with Gasteiger partial charge in [0.25, 0.3) is 0 Å². The topological polar surface area (TPSA) is 48.8 Å². The maximum Gasteiger partial charge on any atom is 0.180 e. The van der Waals surface area contributed by atoms with Gasteiger partial charge in [-0.2, -0.15) is 0 Å². The Labute approximate surface area is 345 Å². The van der Waals surface area contributed by atoms with E-state index in [9.17, 15) is 0 Å². The van der Waals surface area contributed by atoms with Crippen molar-refractivity contribution in [3.05, 3.63) is 193 Å². The fourth-order valence-corrected chi connectivity index (χ4v) is 10.2. The highest BCUT2D eigenvalue weighted by molar-refractivity contribution is 6.13. The summed E-state index contributed by atoms with van der Waals surface area (Å²) in [5, 5.41) is 5.93. The van der Waals surface area contributed by atoms with Gasteiger partial charge in [0, 0.05) is 49.3 Å². The summed E-state index contributed by atoms with van der Waals surface area (Å²) in [7, 11) is 0. The van der Waals surface area contributed by atoms with Gasteiger partial charge in [-0.05, 0) is 106 Å². The van der Waals surface area contributed by atoms with Gasteiger partial charge in [-0.25, -0.2) is 9.97 Å². The lowest BCUT2D eigenvalue weighted by Crippen LogP contribution is -2.15. The van der Waals surface area contributed by atoms with Crippen LogP contribution in [0.3, 0.4) is 0 Å². The maximum atomic E-state index is 6.27. The van der Waals surface area contributed by atoms with Gasteiger partial charge in [0.1, 0.15) is 23.1 Å². The second-order valence-corrected chi connectivity index (χ2v) is 16.6. The summed E-state index contributed by atoms with van der Waals surface area (Å²) >= 11 is 0. The molecule has 1 aliphatic rings. The van der Waals surface area contributed by atoms with Crippen molar-refractivity contribution >= 4 is 65.7 Å². The Hall–Kier alpha value is -7.76. The van der Waals surface area contributed by atoms with E-state index in [1.807, 2.05) is 24.3 Å². The van der Waals surface area contributed by atoms with E-state index in [0.29, 0.717) is 5.58 Å². The molecule has 0 saturated carbocycles. The van der Waals surface area contributed by atoms with Crippen molar-refractivity contribution < 1.29 is 4.42 Å². The van der Waals surface area contributed by atoms with E-state index in [4.69, 9.17) is 4.42 Å². The molecule has 1 aliphatic carbocycles. The Balaban J connectivity index is 0.913. The molecule has 0 bridgehead atoms. The Bertz CT molecular complexity index is 3750. The molecule has 282 valence electrons. The van der Waals surface area contributed by atoms with Crippen LogP contribution in [-0.2, 0) is 5.41 Å². The minimum atomic E-state index is -0.0696. The van der Waals surface area contributed by atoms with Crippen molar-refractivity contribution in [2.24, 2.45) is 0 Å². The van der Waals surface area contributed by atoms with E-state index in [1.165, 1.54) is 77.2 Å². The number of hydrogen-bond acceptors (Lipinski definition) is 3. The molecule has 12 aromatic rings. The number of nitrogens with zero attached hydrogens (tertiary/aromatic N) is 4. The highest BCUT2D eigenvalue weighted by atomic mass is 16.3. The van der Waals surface area contributed by atoms with E-state index < -0.39 is 0 Å². The number of para-hydroxylation sites is 3. The van der Waals surface area contributed by atoms with Crippen molar-refractivity contribution in [2.45, 2.75) is 19.3 Å². The summed E-state index contributed by atoms with van der Waals surface area (Å²) in [6, 6.07) is 63.9. The molecule has 0 amide bonds. The molecule has 5 nitrogen and oxygen atoms in total. The van der Waals surface area contributed by atoms with E-state index in [-0.39, 0.29) is 5.41 Å². The first-order valence-corrected chi connectivity index (χ1v) is 20.6. The lowest BCUT2D eigenvalue weighted by atomic mass is 9.82. The molecule has 0 radical (unpaired) electrons. The minimum Gasteiger partial charge on any atom is -0.452 e. The van der Waals surface area contributed by atoms with Gasteiger partial charge >= 0.3 is 0 Å². The monoisotopic (exact) mass is 768 g/mol. The Morgan fingerprint density at radius 3 is 1.70 bits per heavy atom. The van der Waals surface area contributed by atoms with Crippen LogP contribution in [0.15, 0.2) is 187 Å². The molecule has 0 spiro atoms. The van der Waals surface area contributed by atoms with Crippen LogP contribution >= 0.6 is 0 Å². The molecular formula is C55H36N4O. The molecule has 0 saturated heterocycles. The fraction of sp³-hybridized carbons (Fsp3) is 0.0545. The number of rotatable bonds is 4. The first kappa shape index (κ1) is 33.2. The van der Waals surface area contributed by atoms with E-state index in [1.54, 1.807) is 6.33 Å². The molecule has 8 aromatic carbocycles. The van der Waals surface area contributed by atoms with Crippen molar-refractivity contribution in [2.75, 3.05) is 0 Å². The van der Waals surface area contributed by atoms with Gasteiger partial charge in [0.15, 0.2) is 5.58 Å². The molecule has 0 aliphatic heterocycles. The molecule has 0 unspecified atom stereocenters. The van der Waals surface area contributed by atoms with Gasteiger partial charge in [0.05, 0.1) is 22.1 Å². The molecule has 0 fully saturated rings. The van der Waals surface area contributed by atoms with Crippen molar-refractivity contribution in [3.63, 3.8) is 0 Å². The van der Waals surface area contributed by atoms with E-state index >= 15 is 0 Å². The van der Waals surface area contributed by atoms with Crippen LogP contribution in [0.1, 0.15) is 25.0 Å². The third-order valence-corrected chi connectivity index (χ3v) is 13.1. The summed E-state index contributed by atoms with van der Waals surface area (Å²) in [6.45, 7) is 4.70. The van der Waals surface area contributed by atoms with Crippen LogP contribution in [0.25, 0.3) is 111 Å². The van der Waals surface area contributed by atoms with Gasteiger partial charge in [-0.3, -0.25) is 0 Å². The van der Waals surface area contributed by atoms with Crippen LogP contribution in [0, 0.1) is 0 Å². The van der Waals surface area contributed by atoms with Crippen LogP contribution < -0.4 is 0 Å². The van der Waals surface area contributed by atoms with E-state index in [2.05, 4.69) is 185 Å². The third kappa shape index (κ3) is 4.57. The van der Waals surface area contributed by atoms with Crippen molar-refractivity contribution in [1.82, 2.24) is 19.1 Å². The molecular weight excluding hydrogens is 733 g/mol. The fourth-order valence-electron chi connectivity index (χ4n) is 10.2. The predicted molar refractivity (Wildman–Crippen MR) is 246 cm³/mol. The summed E-state index contributed by atoms with van der Waals surface area (Å²) < 4.78 is 11.1. The second kappa shape index (κ2) is 12.1. The molecule has 60 heavy (non-hydrogen) atoms. The predicted octanol–water partition coefficient (Wildman–Crippen LogP) is 14.2. The largest absolute Gasteiger partial charge is 0.452 e. The normalized spacial score (nSPS) is 13.3. The molecule has 4 heterocycles. The van der Waals surface area contributed by atoms with Crippen LogP contribution in [0.5, 0.6) is 0 Å². The molecule has 0 atom stereocenters. The Kier molecular flexibility index (Phi) is 6.72. The zero-order chi connectivity index (χ0) is 39.7. The Morgan fingerprint density at radius 1 is 0.433 bits per heavy atom. The summed E-state index contributed by atoms with van der Waals surface area (Å²) in [6.07, 6.45) is 1.63. The quantitative estimate of drug-likeness (QED) is 0.179. The standard InChI is InChI=1S/C55H36N4O/c1-55(2)45-15-7-3-11-38(45)39-26-25-37(31-46(39)55)59-48-17-9-5-13-41(48)44-30-35(22-28-50(44)59)34-21-27-49-43(29-34)40-12-4-8-16-47(40)58(49)36-23-19-33(20-24-36)52-54-53(57-32-56-52)42-14-6-10-18-51(42)60-54/h3-32H,1-2H3. The van der Waals surface area contributed by atoms with Crippen LogP contribution in [0.4, 0.5) is 0 Å². The minimum absolute atomic E-state index is 0.0696. The van der Waals surface area contributed by atoms with Crippen LogP contribution in [0.2, 0.25) is 0 Å². The zero-order valence-electron chi connectivity index (χ0n) is 33.0. The number of furan rings is 1. The second-order valence-electron chi connectivity index (χ2n) is 16.6. The summed E-state index contributed by atoms with van der Waals surface area (Å²) in [4.78, 5) is 9.23. The summed E-state index contributed by atoms with van der Waals surface area (Å²) in [5.41, 5.74) is 18.9. The zero-order valence-corrected chi connectivity index (χ0v) is 33.0. The average molecular weight is 769 g/mol. The smallest absolute Gasteiger partial charge is 0.180 e. The third-order valence-electron chi connectivity index (χ3n) is 13.1. The number of fused-ring (bicyclic) bond motifs is 12. The first-order chi connectivity index (χ1) is 29.5. The molecule has 4 aromatic heterocycles. The van der Waals surface area contributed by atoms with Crippen molar-refractivity contribution in [1.29, 1.82) is 0 Å². The maximum absolute atomic E-state index is 6.27. The van der Waals surface area contributed by atoms with Gasteiger partial charge in [-0.1, -0.05) is 117 Å². The number of benzene rings is 8. The van der Waals surface area contributed by atoms with Crippen LogP contribution in [-0.4, -0.2) is 19.1 Å². The first-order valence-electron chi connectivity index (χ1n) is 20.6. The lowest BCUT2D eigenvalue weighted by molar-refractivity contribution is 0.660. The van der Waals surface area contributed by atoms with Gasteiger partial charge in [-0.15, -0.1) is 0 Å². The molecule has 0 N–H and O–H groups in total. The lowest BCUT2D eigenvalue weighted by Gasteiger charge is -2.22. The Morgan fingerprint density at radius 2 is 0.983 bits per heavy atom. The highest BCUT2D eigenvalue weighted by Crippen LogP contribution is 2.49. The van der Waals surface area contributed by atoms with Gasteiger partial charge in [0.2, 0.25) is 0 Å². The number of aromatic nitrogens is 4. The molecule has 5 heteroatoms. The summed E-state index contributed by atoms with van der Waals surface area (Å²) in [5.74, 6) is 0. The highest BCUT2D eigenvalue weighted by Gasteiger charge is 2.35. The van der Waals surface area contributed by atoms with E-state index in [0.717, 1.165) is 38.9 Å².